The minimum Gasteiger partial charge on any atom is -0.504 e. The molecule has 0 radical (unpaired) electrons. The average molecular weight is 1190 g/mol. The molecular weight excluding hydrogens is 1160 g/mol. The molecule has 0 aliphatic rings. The van der Waals surface area contributed by atoms with E-state index in [4.69, 9.17) is 24.0 Å². The second-order valence-electron chi connectivity index (χ2n) is 13.0. The predicted octanol–water partition coefficient (Wildman–Crippen LogP) is 4.69. The van der Waals surface area contributed by atoms with Crippen molar-refractivity contribution < 1.29 is 126 Å². The standard InChI is InChI=1S/C31H32N6O28S8/c1-58-23-7-4-17(68(43,44)11-8-59-66-64-62-41)14-22(23)34-37-28-30(39)26(35-32-20-5-2-18(15-24(20)71(49,50)51)69(45,46)12-9-60-67-65-63-42)29(38)27(31(28)40)36-33-21-6-3-19(16-25(21)72(52,53)54)70(47,48)13-10-61-73(55,56)57/h2-7,14-16,38-42H,8-13H2,1H3,(H,49,50,51)(H,52,53,54)(H,55,56,57)/b35-32+,36-33+,37-34+. The lowest BCUT2D eigenvalue weighted by Gasteiger charge is -2.11. The van der Waals surface area contributed by atoms with E-state index in [-0.39, 0.29) is 30.4 Å². The summed E-state index contributed by atoms with van der Waals surface area (Å²) < 4.78 is 204. The SMILES string of the molecule is COc1ccc(S(=O)(=O)CCOSOOO)cc1/N=N/c1c(O)c(/N=N/c2ccc(S(=O)(=O)CCOSOOO)cc2S(=O)(=O)O)c(O)c(/N=N/c2ccc(S(=O)(=O)CCOS(=O)(=O)O)cc2S(=O)(=O)O)c1O. The Bertz CT molecular complexity index is 3470. The maximum atomic E-state index is 13.1. The summed E-state index contributed by atoms with van der Waals surface area (Å²) in [5.74, 6) is -7.28. The minimum absolute atomic E-state index is 0.0210. The first-order valence-corrected chi connectivity index (χ1v) is 28.8. The number of hydrogen-bond donors (Lipinski definition) is 8. The van der Waals surface area contributed by atoms with Crippen molar-refractivity contribution in [2.24, 2.45) is 30.7 Å². The molecule has 0 unspecified atom stereocenters. The summed E-state index contributed by atoms with van der Waals surface area (Å²) >= 11 is 0.102. The van der Waals surface area contributed by atoms with Crippen LogP contribution in [0.25, 0.3) is 0 Å². The lowest BCUT2D eigenvalue weighted by molar-refractivity contribution is -0.434. The van der Waals surface area contributed by atoms with Gasteiger partial charge in [-0.1, -0.05) is 10.1 Å². The number of benzene rings is 4. The van der Waals surface area contributed by atoms with Crippen LogP contribution in [0, 0.1) is 0 Å². The highest BCUT2D eigenvalue weighted by molar-refractivity contribution is 7.92. The highest BCUT2D eigenvalue weighted by atomic mass is 32.3. The zero-order valence-corrected chi connectivity index (χ0v) is 42.2. The van der Waals surface area contributed by atoms with E-state index in [1.54, 1.807) is 0 Å². The van der Waals surface area contributed by atoms with Gasteiger partial charge >= 0.3 is 10.4 Å². The highest BCUT2D eigenvalue weighted by Crippen LogP contribution is 2.57. The van der Waals surface area contributed by atoms with E-state index in [1.807, 2.05) is 0 Å². The maximum absolute atomic E-state index is 13.1. The van der Waals surface area contributed by atoms with E-state index in [0.717, 1.165) is 31.4 Å². The van der Waals surface area contributed by atoms with E-state index in [0.29, 0.717) is 30.3 Å². The zero-order valence-electron chi connectivity index (χ0n) is 35.6. The van der Waals surface area contributed by atoms with Gasteiger partial charge in [-0.15, -0.1) is 39.4 Å². The van der Waals surface area contributed by atoms with Gasteiger partial charge in [0, 0.05) is 0 Å². The molecule has 4 aromatic carbocycles. The van der Waals surface area contributed by atoms with Gasteiger partial charge in [0.25, 0.3) is 20.2 Å². The maximum Gasteiger partial charge on any atom is 0.397 e. The molecule has 0 aliphatic heterocycles. The molecule has 34 nitrogen and oxygen atoms in total. The van der Waals surface area contributed by atoms with Crippen LogP contribution in [0.15, 0.2) is 110 Å². The Morgan fingerprint density at radius 2 is 0.836 bits per heavy atom. The third kappa shape index (κ3) is 16.9. The molecule has 0 fully saturated rings. The van der Waals surface area contributed by atoms with Crippen molar-refractivity contribution in [1.29, 1.82) is 0 Å². The van der Waals surface area contributed by atoms with Gasteiger partial charge in [0.05, 0.1) is 58.9 Å². The fourth-order valence-electron chi connectivity index (χ4n) is 5.19. The number of hydrogen-bond acceptors (Lipinski definition) is 33. The second-order valence-corrected chi connectivity index (χ2v) is 24.2. The first-order chi connectivity index (χ1) is 34.0. The number of nitrogens with zero attached hydrogens (tertiary/aromatic N) is 6. The quantitative estimate of drug-likeness (QED) is 0.00954. The molecular formula is C31H32N6O28S8. The van der Waals surface area contributed by atoms with Crippen molar-refractivity contribution >= 4 is 119 Å². The molecule has 8 N–H and O–H groups in total. The van der Waals surface area contributed by atoms with Crippen molar-refractivity contribution in [3.05, 3.63) is 54.6 Å². The van der Waals surface area contributed by atoms with Gasteiger partial charge < -0.3 is 20.1 Å². The molecule has 0 saturated carbocycles. The molecule has 0 amide bonds. The lowest BCUT2D eigenvalue weighted by atomic mass is 10.2. The fraction of sp³-hybridized carbons (Fsp3) is 0.226. The molecule has 42 heteroatoms. The van der Waals surface area contributed by atoms with Crippen molar-refractivity contribution in [1.82, 2.24) is 0 Å². The summed E-state index contributed by atoms with van der Waals surface area (Å²) in [6.07, 6.45) is 0. The van der Waals surface area contributed by atoms with Crippen LogP contribution in [0.2, 0.25) is 0 Å². The lowest BCUT2D eigenvalue weighted by Crippen LogP contribution is -2.16. The predicted molar refractivity (Wildman–Crippen MR) is 240 cm³/mol. The number of aromatic hydroxyl groups is 3. The Morgan fingerprint density at radius 1 is 0.479 bits per heavy atom. The molecule has 0 aromatic heterocycles. The van der Waals surface area contributed by atoms with E-state index in [2.05, 4.69) is 57.8 Å². The summed E-state index contributed by atoms with van der Waals surface area (Å²) in [6, 6.07) is 6.46. The van der Waals surface area contributed by atoms with Crippen molar-refractivity contribution in [3.63, 3.8) is 0 Å². The molecule has 73 heavy (non-hydrogen) atoms. The molecule has 0 aliphatic carbocycles. The summed E-state index contributed by atoms with van der Waals surface area (Å²) in [6.45, 7) is -2.32. The summed E-state index contributed by atoms with van der Waals surface area (Å²) in [7, 11) is -28.2. The number of ether oxygens (including phenoxy) is 1. The van der Waals surface area contributed by atoms with Gasteiger partial charge in [0.15, 0.2) is 88.5 Å². The Hall–Kier alpha value is -5.20. The third-order valence-electron chi connectivity index (χ3n) is 8.43. The second kappa shape index (κ2) is 25.4. The normalized spacial score (nSPS) is 13.2. The molecule has 0 saturated heterocycles. The van der Waals surface area contributed by atoms with Crippen LogP contribution in [0.3, 0.4) is 0 Å². The summed E-state index contributed by atoms with van der Waals surface area (Å²) in [5.41, 5.74) is -6.01. The smallest absolute Gasteiger partial charge is 0.397 e. The van der Waals surface area contributed by atoms with E-state index in [9.17, 15) is 74.9 Å². The van der Waals surface area contributed by atoms with Gasteiger partial charge in [0.2, 0.25) is 0 Å². The fourth-order valence-corrected chi connectivity index (χ4v) is 11.0. The highest BCUT2D eigenvalue weighted by Gasteiger charge is 2.28. The number of rotatable bonds is 28. The number of sulfone groups is 3. The first-order valence-electron chi connectivity index (χ1n) is 18.3. The van der Waals surface area contributed by atoms with Crippen LogP contribution in [-0.4, -0.2) is 134 Å². The Kier molecular flexibility index (Phi) is 21.0. The van der Waals surface area contributed by atoms with Crippen molar-refractivity contribution in [3.8, 4) is 23.0 Å². The van der Waals surface area contributed by atoms with Gasteiger partial charge in [0.1, 0.15) is 32.6 Å². The van der Waals surface area contributed by atoms with Crippen LogP contribution in [0.5, 0.6) is 23.0 Å². The average Bonchev–Trinajstić information content (AvgIpc) is 3.30. The molecule has 4 aromatic rings. The van der Waals surface area contributed by atoms with E-state index in [1.165, 1.54) is 0 Å². The van der Waals surface area contributed by atoms with Crippen LogP contribution in [0.4, 0.5) is 34.1 Å². The summed E-state index contributed by atoms with van der Waals surface area (Å²) in [5, 5.41) is 78.7. The van der Waals surface area contributed by atoms with Crippen LogP contribution in [-0.2, 0) is 91.4 Å². The molecule has 0 bridgehead atoms. The number of methoxy groups -OCH3 is 1. The first kappa shape index (κ1) is 60.4. The zero-order chi connectivity index (χ0) is 54.6. The Morgan fingerprint density at radius 3 is 1.19 bits per heavy atom. The minimum atomic E-state index is -5.49. The van der Waals surface area contributed by atoms with Gasteiger partial charge in [-0.05, 0) is 54.6 Å². The molecule has 0 spiro atoms. The van der Waals surface area contributed by atoms with Crippen LogP contribution < -0.4 is 4.74 Å². The van der Waals surface area contributed by atoms with E-state index >= 15 is 0 Å². The van der Waals surface area contributed by atoms with Crippen molar-refractivity contribution in [2.45, 2.75) is 24.5 Å². The topological polar surface area (TPSA) is 515 Å². The third-order valence-corrected chi connectivity index (χ3v) is 16.5. The van der Waals surface area contributed by atoms with Crippen LogP contribution in [0.1, 0.15) is 0 Å². The van der Waals surface area contributed by atoms with Crippen LogP contribution >= 0.6 is 24.6 Å². The number of phenolic OH excluding ortho intramolecular Hbond substituents is 3. The molecule has 0 heterocycles. The van der Waals surface area contributed by atoms with E-state index < -0.39 is 173 Å². The molecule has 402 valence electrons. The Labute approximate surface area is 419 Å². The molecule has 0 atom stereocenters. The number of phenols is 3. The Balaban J connectivity index is 1.94. The molecule has 4 rings (SSSR count). The van der Waals surface area contributed by atoms with Gasteiger partial charge in [-0.2, -0.15) is 25.3 Å². The monoisotopic (exact) mass is 1190 g/mol. The largest absolute Gasteiger partial charge is 0.504 e. The summed E-state index contributed by atoms with van der Waals surface area (Å²) in [4.78, 5) is -4.69. The van der Waals surface area contributed by atoms with Crippen molar-refractivity contribution in [2.75, 3.05) is 44.2 Å². The number of azo groups is 3. The van der Waals surface area contributed by atoms with Gasteiger partial charge in [-0.25, -0.2) is 40.0 Å². The van der Waals surface area contributed by atoms with Gasteiger partial charge in [-0.3, -0.25) is 22.0 Å².